The highest BCUT2D eigenvalue weighted by atomic mass is 35.5. The molecule has 0 spiro atoms. The molecule has 0 aromatic heterocycles. The van der Waals surface area contributed by atoms with E-state index in [2.05, 4.69) is 5.43 Å². The number of carbonyl (C=O) groups excluding carboxylic acids is 2. The molecule has 1 amide bonds. The van der Waals surface area contributed by atoms with Crippen LogP contribution in [0.4, 0.5) is 0 Å². The lowest BCUT2D eigenvalue weighted by Crippen LogP contribution is -2.37. The maximum atomic E-state index is 12.2. The van der Waals surface area contributed by atoms with Crippen LogP contribution in [0.5, 0.6) is 0 Å². The van der Waals surface area contributed by atoms with Crippen molar-refractivity contribution >= 4 is 29.0 Å². The van der Waals surface area contributed by atoms with E-state index < -0.39 is 0 Å². The molecule has 0 aliphatic carbocycles. The number of nitrogens with zero attached hydrogens (tertiary/aromatic N) is 2. The number of allylic oxidation sites excluding steroid dienone is 1. The summed E-state index contributed by atoms with van der Waals surface area (Å²) >= 11 is 6.12. The van der Waals surface area contributed by atoms with Crippen LogP contribution in [-0.4, -0.2) is 27.7 Å². The first kappa shape index (κ1) is 15.4. The predicted molar refractivity (Wildman–Crippen MR) is 88.4 cm³/mol. The molecule has 0 saturated heterocycles. The van der Waals surface area contributed by atoms with Gasteiger partial charge in [0.1, 0.15) is 5.78 Å². The molecule has 1 aromatic carbocycles. The number of hydrogen-bond donors (Lipinski definition) is 1. The van der Waals surface area contributed by atoms with Gasteiger partial charge in [0.2, 0.25) is 5.91 Å². The zero-order valence-electron chi connectivity index (χ0n) is 12.6. The van der Waals surface area contributed by atoms with Crippen LogP contribution >= 0.6 is 11.8 Å². The minimum absolute atomic E-state index is 0.0496. The van der Waals surface area contributed by atoms with Crippen molar-refractivity contribution in [1.29, 1.82) is 0 Å². The molecule has 0 bridgehead atoms. The van der Waals surface area contributed by atoms with E-state index in [1.807, 2.05) is 36.4 Å². The van der Waals surface area contributed by atoms with Crippen LogP contribution in [0, 0.1) is 0 Å². The number of hydrazine groups is 1. The number of carbonyl (C=O) groups is 2. The lowest BCUT2D eigenvalue weighted by molar-refractivity contribution is -0.132. The van der Waals surface area contributed by atoms with Gasteiger partial charge in [-0.3, -0.25) is 15.0 Å². The summed E-state index contributed by atoms with van der Waals surface area (Å²) in [6.07, 6.45) is 5.53. The Morgan fingerprint density at radius 2 is 2.00 bits per heavy atom. The molecule has 2 aliphatic heterocycles. The van der Waals surface area contributed by atoms with Gasteiger partial charge in [-0.25, -0.2) is 4.53 Å². The van der Waals surface area contributed by atoms with Crippen molar-refractivity contribution in [2.75, 3.05) is 6.54 Å². The Labute approximate surface area is 139 Å². The molecule has 6 heteroatoms. The number of ketones is 1. The highest BCUT2D eigenvalue weighted by Crippen LogP contribution is 2.35. The third-order valence-electron chi connectivity index (χ3n) is 3.67. The average Bonchev–Trinajstić information content (AvgIpc) is 2.70. The van der Waals surface area contributed by atoms with Gasteiger partial charge in [-0.05, 0) is 12.5 Å². The Balaban J connectivity index is 2.08. The van der Waals surface area contributed by atoms with Crippen molar-refractivity contribution in [2.45, 2.75) is 13.3 Å². The summed E-state index contributed by atoms with van der Waals surface area (Å²) in [6.45, 7) is 1.52. The molecule has 0 atom stereocenters. The second-order valence-electron chi connectivity index (χ2n) is 5.38. The fraction of sp³-hybridized carbons (Fsp3) is 0.176. The summed E-state index contributed by atoms with van der Waals surface area (Å²) in [5.74, 6) is -0.176. The second kappa shape index (κ2) is 6.30. The van der Waals surface area contributed by atoms with E-state index in [-0.39, 0.29) is 24.7 Å². The van der Waals surface area contributed by atoms with Gasteiger partial charge in [-0.1, -0.05) is 36.4 Å². The van der Waals surface area contributed by atoms with E-state index >= 15 is 0 Å². The third kappa shape index (κ3) is 3.14. The Morgan fingerprint density at radius 3 is 2.70 bits per heavy atom. The maximum Gasteiger partial charge on any atom is 0.231 e. The van der Waals surface area contributed by atoms with Gasteiger partial charge >= 0.3 is 0 Å². The third-order valence-corrected chi connectivity index (χ3v) is 3.87. The summed E-state index contributed by atoms with van der Waals surface area (Å²) in [7, 11) is 0. The summed E-state index contributed by atoms with van der Waals surface area (Å²) < 4.78 is 1.31. The smallest absolute Gasteiger partial charge is 0.231 e. The van der Waals surface area contributed by atoms with Crippen LogP contribution in [0.2, 0.25) is 0 Å². The van der Waals surface area contributed by atoms with Crippen molar-refractivity contribution in [3.63, 3.8) is 0 Å². The Kier molecular flexibility index (Phi) is 4.21. The molecule has 2 aliphatic rings. The number of Topliss-reactive ketones (excluding diaryl/α,β-unsaturated/α-hetero) is 1. The first-order valence-corrected chi connectivity index (χ1v) is 7.59. The van der Waals surface area contributed by atoms with Crippen LogP contribution < -0.4 is 5.43 Å². The molecule has 1 N–H and O–H groups in total. The molecule has 23 heavy (non-hydrogen) atoms. The van der Waals surface area contributed by atoms with E-state index in [9.17, 15) is 9.59 Å². The molecule has 2 heterocycles. The number of rotatable bonds is 3. The minimum atomic E-state index is -0.104. The van der Waals surface area contributed by atoms with E-state index in [1.54, 1.807) is 12.4 Å². The molecular weight excluding hydrogens is 314 g/mol. The molecule has 0 fully saturated rings. The number of hydrogen-bond acceptors (Lipinski definition) is 4. The molecule has 118 valence electrons. The standard InChI is InChI=1S/C17H16ClN3O2/c1-12(22)10-20-16-9-19-21(18)11-15(13-5-3-2-4-6-13)14(16)7-8-17(20)23/h2-7,9,11,19H,8,10H2,1H3. The molecule has 0 radical (unpaired) electrons. The van der Waals surface area contributed by atoms with Crippen molar-refractivity contribution < 1.29 is 9.59 Å². The maximum absolute atomic E-state index is 12.2. The first-order valence-electron chi connectivity index (χ1n) is 7.25. The van der Waals surface area contributed by atoms with Crippen LogP contribution in [0.3, 0.4) is 0 Å². The van der Waals surface area contributed by atoms with Crippen molar-refractivity contribution in [2.24, 2.45) is 0 Å². The van der Waals surface area contributed by atoms with Gasteiger partial charge in [-0.2, -0.15) is 0 Å². The molecule has 1 aromatic rings. The second-order valence-corrected chi connectivity index (χ2v) is 5.75. The van der Waals surface area contributed by atoms with Crippen molar-refractivity contribution in [3.8, 4) is 0 Å². The summed E-state index contributed by atoms with van der Waals surface area (Å²) in [4.78, 5) is 25.2. The molecular formula is C17H16ClN3O2. The SMILES string of the molecule is CC(=O)CN1C(=O)CC=C2C(c3ccccc3)=CN(Cl)NC=C21. The van der Waals surface area contributed by atoms with E-state index in [1.165, 1.54) is 16.4 Å². The summed E-state index contributed by atoms with van der Waals surface area (Å²) in [6, 6.07) is 9.78. The lowest BCUT2D eigenvalue weighted by Gasteiger charge is -2.29. The molecule has 0 saturated carbocycles. The Morgan fingerprint density at radius 1 is 1.26 bits per heavy atom. The minimum Gasteiger partial charge on any atom is -0.303 e. The molecule has 5 nitrogen and oxygen atoms in total. The van der Waals surface area contributed by atoms with Crippen LogP contribution in [0.15, 0.2) is 60.1 Å². The number of nitrogens with one attached hydrogen (secondary N) is 1. The zero-order chi connectivity index (χ0) is 16.4. The number of benzene rings is 1. The topological polar surface area (TPSA) is 52.7 Å². The van der Waals surface area contributed by atoms with Gasteiger partial charge < -0.3 is 4.90 Å². The van der Waals surface area contributed by atoms with Crippen LogP contribution in [0.25, 0.3) is 5.57 Å². The van der Waals surface area contributed by atoms with Gasteiger partial charge in [0.05, 0.1) is 12.2 Å². The van der Waals surface area contributed by atoms with Gasteiger partial charge in [-0.15, -0.1) is 0 Å². The predicted octanol–water partition coefficient (Wildman–Crippen LogP) is 2.59. The fourth-order valence-electron chi connectivity index (χ4n) is 2.67. The quantitative estimate of drug-likeness (QED) is 0.866. The zero-order valence-corrected chi connectivity index (χ0v) is 13.4. The Hall–Kier alpha value is -2.53. The lowest BCUT2D eigenvalue weighted by atomic mass is 9.92. The molecule has 0 unspecified atom stereocenters. The number of halogens is 1. The van der Waals surface area contributed by atoms with Crippen molar-refractivity contribution in [3.05, 3.63) is 65.6 Å². The monoisotopic (exact) mass is 329 g/mol. The molecule has 3 rings (SSSR count). The number of amides is 1. The average molecular weight is 330 g/mol. The van der Waals surface area contributed by atoms with Gasteiger partial charge in [0.15, 0.2) is 0 Å². The number of fused-ring (bicyclic) bond motifs is 1. The van der Waals surface area contributed by atoms with Gasteiger partial charge in [0, 0.05) is 41.7 Å². The largest absolute Gasteiger partial charge is 0.303 e. The van der Waals surface area contributed by atoms with E-state index in [0.717, 1.165) is 16.7 Å². The fourth-order valence-corrected chi connectivity index (χ4v) is 2.82. The van der Waals surface area contributed by atoms with Gasteiger partial charge in [0.25, 0.3) is 0 Å². The first-order chi connectivity index (χ1) is 11.1. The summed E-state index contributed by atoms with van der Waals surface area (Å²) in [5.41, 5.74) is 6.28. The highest BCUT2D eigenvalue weighted by Gasteiger charge is 2.29. The van der Waals surface area contributed by atoms with E-state index in [4.69, 9.17) is 11.8 Å². The summed E-state index contributed by atoms with van der Waals surface area (Å²) in [5, 5.41) is 0. The van der Waals surface area contributed by atoms with E-state index in [0.29, 0.717) is 5.70 Å². The van der Waals surface area contributed by atoms with Crippen LogP contribution in [0.1, 0.15) is 18.9 Å². The van der Waals surface area contributed by atoms with Crippen molar-refractivity contribution in [1.82, 2.24) is 14.9 Å². The highest BCUT2D eigenvalue weighted by molar-refractivity contribution is 6.14. The normalized spacial score (nSPS) is 17.5. The Bertz CT molecular complexity index is 737. The van der Waals surface area contributed by atoms with Crippen LogP contribution in [-0.2, 0) is 9.59 Å².